The number of hydrogen-bond acceptors (Lipinski definition) is 3. The maximum atomic E-state index is 5.92. The number of pyridine rings is 1. The SMILES string of the molecule is CSC1CCC(n2c(CCCl)nc3cccnc32)C1. The summed E-state index contributed by atoms with van der Waals surface area (Å²) in [6.45, 7) is 0. The predicted molar refractivity (Wildman–Crippen MR) is 82.1 cm³/mol. The van der Waals surface area contributed by atoms with Crippen LogP contribution in [-0.2, 0) is 6.42 Å². The summed E-state index contributed by atoms with van der Waals surface area (Å²) in [5, 5.41) is 0.773. The standard InChI is InChI=1S/C14H18ClN3S/c1-19-11-5-4-10(9-11)18-13(6-7-15)17-12-3-2-8-16-14(12)18/h2-3,8,10-11H,4-7,9H2,1H3. The van der Waals surface area contributed by atoms with E-state index in [1.165, 1.54) is 19.3 Å². The van der Waals surface area contributed by atoms with Gasteiger partial charge in [0.15, 0.2) is 5.65 Å². The van der Waals surface area contributed by atoms with E-state index in [1.54, 1.807) is 0 Å². The van der Waals surface area contributed by atoms with E-state index >= 15 is 0 Å². The quantitative estimate of drug-likeness (QED) is 0.806. The highest BCUT2D eigenvalue weighted by Crippen LogP contribution is 2.38. The van der Waals surface area contributed by atoms with Gasteiger partial charge in [-0.05, 0) is 37.7 Å². The van der Waals surface area contributed by atoms with Gasteiger partial charge in [-0.15, -0.1) is 11.6 Å². The molecule has 2 unspecified atom stereocenters. The first kappa shape index (κ1) is 13.3. The second kappa shape index (κ2) is 5.71. The zero-order valence-corrected chi connectivity index (χ0v) is 12.6. The Morgan fingerprint density at radius 2 is 2.37 bits per heavy atom. The lowest BCUT2D eigenvalue weighted by Crippen LogP contribution is -2.11. The maximum absolute atomic E-state index is 5.92. The van der Waals surface area contributed by atoms with Crippen molar-refractivity contribution in [2.75, 3.05) is 12.1 Å². The molecule has 0 bridgehead atoms. The third-order valence-electron chi connectivity index (χ3n) is 3.90. The molecule has 0 radical (unpaired) electrons. The van der Waals surface area contributed by atoms with Crippen LogP contribution in [-0.4, -0.2) is 31.9 Å². The number of aryl methyl sites for hydroxylation is 1. The van der Waals surface area contributed by atoms with Gasteiger partial charge in [-0.1, -0.05) is 0 Å². The Morgan fingerprint density at radius 1 is 1.47 bits per heavy atom. The van der Waals surface area contributed by atoms with E-state index in [-0.39, 0.29) is 0 Å². The summed E-state index contributed by atoms with van der Waals surface area (Å²) in [7, 11) is 0. The van der Waals surface area contributed by atoms with Crippen LogP contribution in [0.1, 0.15) is 31.1 Å². The molecule has 102 valence electrons. The highest BCUT2D eigenvalue weighted by molar-refractivity contribution is 7.99. The topological polar surface area (TPSA) is 30.7 Å². The molecule has 0 amide bonds. The average Bonchev–Trinajstić information content (AvgIpc) is 3.02. The minimum Gasteiger partial charge on any atom is -0.310 e. The molecule has 0 spiro atoms. The van der Waals surface area contributed by atoms with Crippen LogP contribution in [0.4, 0.5) is 0 Å². The van der Waals surface area contributed by atoms with Crippen molar-refractivity contribution in [3.05, 3.63) is 24.2 Å². The lowest BCUT2D eigenvalue weighted by Gasteiger charge is -2.16. The molecule has 0 aliphatic heterocycles. The number of fused-ring (bicyclic) bond motifs is 1. The van der Waals surface area contributed by atoms with Gasteiger partial charge >= 0.3 is 0 Å². The Labute approximate surface area is 122 Å². The molecule has 0 saturated heterocycles. The first-order valence-electron chi connectivity index (χ1n) is 6.74. The van der Waals surface area contributed by atoms with E-state index in [9.17, 15) is 0 Å². The fourth-order valence-corrected chi connectivity index (χ4v) is 3.94. The number of alkyl halides is 1. The van der Waals surface area contributed by atoms with Crippen molar-refractivity contribution in [3.63, 3.8) is 0 Å². The fourth-order valence-electron chi connectivity index (χ4n) is 2.99. The van der Waals surface area contributed by atoms with Gasteiger partial charge < -0.3 is 4.57 Å². The summed E-state index contributed by atoms with van der Waals surface area (Å²) in [5.41, 5.74) is 2.02. The van der Waals surface area contributed by atoms with Gasteiger partial charge in [-0.3, -0.25) is 0 Å². The summed E-state index contributed by atoms with van der Waals surface area (Å²) in [4.78, 5) is 9.24. The number of hydrogen-bond donors (Lipinski definition) is 0. The van der Waals surface area contributed by atoms with Gasteiger partial charge in [0.1, 0.15) is 11.3 Å². The van der Waals surface area contributed by atoms with Crippen LogP contribution < -0.4 is 0 Å². The Balaban J connectivity index is 2.02. The highest BCUT2D eigenvalue weighted by Gasteiger charge is 2.28. The van der Waals surface area contributed by atoms with Gasteiger partial charge in [0, 0.05) is 29.8 Å². The molecule has 2 heterocycles. The van der Waals surface area contributed by atoms with Gasteiger partial charge in [-0.2, -0.15) is 11.8 Å². The van der Waals surface area contributed by atoms with Crippen LogP contribution in [0.5, 0.6) is 0 Å². The largest absolute Gasteiger partial charge is 0.310 e. The zero-order chi connectivity index (χ0) is 13.2. The molecule has 5 heteroatoms. The summed E-state index contributed by atoms with van der Waals surface area (Å²) >= 11 is 7.90. The summed E-state index contributed by atoms with van der Waals surface area (Å²) in [6, 6.07) is 4.52. The van der Waals surface area contributed by atoms with E-state index in [2.05, 4.69) is 15.8 Å². The number of imidazole rings is 1. The summed E-state index contributed by atoms with van der Waals surface area (Å²) < 4.78 is 2.34. The van der Waals surface area contributed by atoms with Crippen molar-refractivity contribution in [2.24, 2.45) is 0 Å². The van der Waals surface area contributed by atoms with E-state index in [0.29, 0.717) is 11.9 Å². The summed E-state index contributed by atoms with van der Waals surface area (Å²) in [6.07, 6.45) is 8.61. The molecular formula is C14H18ClN3S. The second-order valence-corrected chi connectivity index (χ2v) is 6.52. The molecule has 0 N–H and O–H groups in total. The molecule has 2 atom stereocenters. The molecule has 3 nitrogen and oxygen atoms in total. The highest BCUT2D eigenvalue weighted by atomic mass is 35.5. The Hall–Kier alpha value is -0.740. The molecule has 3 rings (SSSR count). The van der Waals surface area contributed by atoms with Crippen LogP contribution in [0, 0.1) is 0 Å². The normalized spacial score (nSPS) is 23.3. The van der Waals surface area contributed by atoms with E-state index in [0.717, 1.165) is 28.7 Å². The molecule has 19 heavy (non-hydrogen) atoms. The molecule has 2 aromatic heterocycles. The molecule has 1 aliphatic carbocycles. The number of nitrogens with zero attached hydrogens (tertiary/aromatic N) is 3. The minimum atomic E-state index is 0.538. The number of rotatable bonds is 4. The van der Waals surface area contributed by atoms with Crippen LogP contribution in [0.15, 0.2) is 18.3 Å². The lowest BCUT2D eigenvalue weighted by atomic mass is 10.2. The van der Waals surface area contributed by atoms with E-state index in [1.807, 2.05) is 30.1 Å². The van der Waals surface area contributed by atoms with Crippen molar-refractivity contribution in [1.29, 1.82) is 0 Å². The molecule has 2 aromatic rings. The Kier molecular flexibility index (Phi) is 3.99. The maximum Gasteiger partial charge on any atom is 0.160 e. The number of halogens is 1. The van der Waals surface area contributed by atoms with E-state index < -0.39 is 0 Å². The minimum absolute atomic E-state index is 0.538. The molecule has 1 aliphatic rings. The van der Waals surface area contributed by atoms with Crippen LogP contribution in [0.3, 0.4) is 0 Å². The van der Waals surface area contributed by atoms with Crippen molar-refractivity contribution in [2.45, 2.75) is 37.0 Å². The summed E-state index contributed by atoms with van der Waals surface area (Å²) in [5.74, 6) is 1.71. The third-order valence-corrected chi connectivity index (χ3v) is 5.18. The van der Waals surface area contributed by atoms with E-state index in [4.69, 9.17) is 16.6 Å². The van der Waals surface area contributed by atoms with Gasteiger partial charge in [0.2, 0.25) is 0 Å². The van der Waals surface area contributed by atoms with Crippen LogP contribution >= 0.6 is 23.4 Å². The van der Waals surface area contributed by atoms with Gasteiger partial charge in [-0.25, -0.2) is 9.97 Å². The van der Waals surface area contributed by atoms with Crippen LogP contribution in [0.2, 0.25) is 0 Å². The van der Waals surface area contributed by atoms with Crippen LogP contribution in [0.25, 0.3) is 11.2 Å². The third kappa shape index (κ3) is 2.48. The smallest absolute Gasteiger partial charge is 0.160 e. The molecule has 0 aromatic carbocycles. The van der Waals surface area contributed by atoms with Crippen molar-refractivity contribution in [3.8, 4) is 0 Å². The van der Waals surface area contributed by atoms with Gasteiger partial charge in [0.25, 0.3) is 0 Å². The lowest BCUT2D eigenvalue weighted by molar-refractivity contribution is 0.511. The molecule has 1 fully saturated rings. The average molecular weight is 296 g/mol. The van der Waals surface area contributed by atoms with Crippen molar-refractivity contribution in [1.82, 2.24) is 14.5 Å². The Morgan fingerprint density at radius 3 is 3.11 bits per heavy atom. The molecule has 1 saturated carbocycles. The first-order chi connectivity index (χ1) is 9.33. The number of aromatic nitrogens is 3. The zero-order valence-electron chi connectivity index (χ0n) is 11.1. The predicted octanol–water partition coefficient (Wildman–Crippen LogP) is 3.67. The molecular weight excluding hydrogens is 278 g/mol. The Bertz CT molecular complexity index is 569. The first-order valence-corrected chi connectivity index (χ1v) is 8.56. The van der Waals surface area contributed by atoms with Crippen molar-refractivity contribution < 1.29 is 0 Å². The van der Waals surface area contributed by atoms with Gasteiger partial charge in [0.05, 0.1) is 0 Å². The van der Waals surface area contributed by atoms with Crippen molar-refractivity contribution >= 4 is 34.5 Å². The second-order valence-electron chi connectivity index (χ2n) is 5.01. The fraction of sp³-hybridized carbons (Fsp3) is 0.571. The monoisotopic (exact) mass is 295 g/mol. The number of thioether (sulfide) groups is 1.